The molecule has 2 heterocycles. The number of sulfonamides is 1. The molecule has 150 valence electrons. The number of halogens is 1. The number of hydrogen-bond donors (Lipinski definition) is 0. The van der Waals surface area contributed by atoms with Crippen molar-refractivity contribution in [3.05, 3.63) is 59.1 Å². The first kappa shape index (κ1) is 19.9. The van der Waals surface area contributed by atoms with E-state index < -0.39 is 25.1 Å². The third-order valence-corrected chi connectivity index (χ3v) is 10.5. The molecule has 0 spiro atoms. The molecule has 4 rings (SSSR count). The molecule has 2 saturated heterocycles. The summed E-state index contributed by atoms with van der Waals surface area (Å²) in [7, 11) is -7.19. The number of fused-ring (bicyclic) bond motifs is 2. The lowest BCUT2D eigenvalue weighted by atomic mass is 10.1. The molecule has 28 heavy (non-hydrogen) atoms. The molecular formula is C20H22ClNO4S2. The van der Waals surface area contributed by atoms with Gasteiger partial charge in [-0.1, -0.05) is 35.9 Å². The average Bonchev–Trinajstić information content (AvgIpc) is 2.95. The van der Waals surface area contributed by atoms with E-state index in [2.05, 4.69) is 0 Å². The van der Waals surface area contributed by atoms with E-state index in [-0.39, 0.29) is 17.0 Å². The molecule has 8 heteroatoms. The summed E-state index contributed by atoms with van der Waals surface area (Å²) in [5.41, 5.74) is 0.816. The number of rotatable bonds is 4. The van der Waals surface area contributed by atoms with Gasteiger partial charge in [-0.3, -0.25) is 0 Å². The summed E-state index contributed by atoms with van der Waals surface area (Å²) < 4.78 is 54.1. The predicted octanol–water partition coefficient (Wildman–Crippen LogP) is 3.81. The Balaban J connectivity index is 1.63. The summed E-state index contributed by atoms with van der Waals surface area (Å²) in [4.78, 5) is 0.477. The van der Waals surface area contributed by atoms with E-state index in [1.807, 2.05) is 6.92 Å². The molecule has 0 aliphatic carbocycles. The molecule has 0 N–H and O–H groups in total. The minimum Gasteiger partial charge on any atom is -0.223 e. The summed E-state index contributed by atoms with van der Waals surface area (Å²) in [6.45, 7) is 1.82. The quantitative estimate of drug-likeness (QED) is 0.726. The third-order valence-electron chi connectivity index (χ3n) is 5.85. The zero-order chi connectivity index (χ0) is 20.1. The van der Waals surface area contributed by atoms with Crippen LogP contribution in [0.15, 0.2) is 58.3 Å². The summed E-state index contributed by atoms with van der Waals surface area (Å²) in [6, 6.07) is 12.6. The van der Waals surface area contributed by atoms with Crippen LogP contribution in [0, 0.1) is 6.92 Å². The fourth-order valence-corrected chi connectivity index (χ4v) is 8.42. The molecule has 0 saturated carbocycles. The number of aryl methyl sites for hydroxylation is 1. The Labute approximate surface area is 171 Å². The van der Waals surface area contributed by atoms with Gasteiger partial charge < -0.3 is 0 Å². The Morgan fingerprint density at radius 1 is 0.893 bits per heavy atom. The fraction of sp³-hybridized carbons (Fsp3) is 0.400. The molecule has 2 aromatic rings. The molecular weight excluding hydrogens is 418 g/mol. The minimum absolute atomic E-state index is 0.171. The lowest BCUT2D eigenvalue weighted by molar-refractivity contribution is 0.249. The molecule has 0 radical (unpaired) electrons. The van der Waals surface area contributed by atoms with Gasteiger partial charge in [0, 0.05) is 17.1 Å². The average molecular weight is 440 g/mol. The first-order valence-corrected chi connectivity index (χ1v) is 12.7. The van der Waals surface area contributed by atoms with Crippen LogP contribution < -0.4 is 0 Å². The number of sulfone groups is 1. The maximum atomic E-state index is 13.3. The molecule has 2 unspecified atom stereocenters. The van der Waals surface area contributed by atoms with Gasteiger partial charge in [-0.05, 0) is 62.4 Å². The van der Waals surface area contributed by atoms with Crippen molar-refractivity contribution in [2.24, 2.45) is 0 Å². The summed E-state index contributed by atoms with van der Waals surface area (Å²) in [5, 5.41) is -0.143. The van der Waals surface area contributed by atoms with E-state index in [1.165, 1.54) is 10.4 Å². The molecule has 2 fully saturated rings. The maximum Gasteiger partial charge on any atom is 0.243 e. The second-order valence-electron chi connectivity index (χ2n) is 7.58. The molecule has 5 nitrogen and oxygen atoms in total. The zero-order valence-corrected chi connectivity index (χ0v) is 17.8. The van der Waals surface area contributed by atoms with Crippen LogP contribution in [0.1, 0.15) is 31.2 Å². The smallest absolute Gasteiger partial charge is 0.223 e. The molecule has 2 aliphatic rings. The van der Waals surface area contributed by atoms with Gasteiger partial charge in [0.15, 0.2) is 9.84 Å². The third kappa shape index (κ3) is 3.28. The highest BCUT2D eigenvalue weighted by atomic mass is 35.5. The van der Waals surface area contributed by atoms with Crippen molar-refractivity contribution in [2.45, 2.75) is 59.7 Å². The van der Waals surface area contributed by atoms with Crippen molar-refractivity contribution in [2.75, 3.05) is 0 Å². The van der Waals surface area contributed by atoms with Gasteiger partial charge in [-0.15, -0.1) is 0 Å². The van der Waals surface area contributed by atoms with Crippen LogP contribution >= 0.6 is 11.6 Å². The molecule has 0 amide bonds. The van der Waals surface area contributed by atoms with E-state index in [0.29, 0.717) is 35.6 Å². The largest absolute Gasteiger partial charge is 0.243 e. The number of hydrogen-bond acceptors (Lipinski definition) is 4. The number of nitrogens with zero attached hydrogens (tertiary/aromatic N) is 1. The van der Waals surface area contributed by atoms with Gasteiger partial charge in [0.2, 0.25) is 10.0 Å². The fourth-order valence-electron chi connectivity index (χ4n) is 4.39. The van der Waals surface area contributed by atoms with Crippen LogP contribution in [0.4, 0.5) is 0 Å². The van der Waals surface area contributed by atoms with Crippen molar-refractivity contribution in [3.63, 3.8) is 0 Å². The highest BCUT2D eigenvalue weighted by Crippen LogP contribution is 2.43. The van der Waals surface area contributed by atoms with Gasteiger partial charge in [0.25, 0.3) is 0 Å². The zero-order valence-electron chi connectivity index (χ0n) is 15.5. The second-order valence-corrected chi connectivity index (χ2v) is 12.1. The second kappa shape index (κ2) is 7.13. The van der Waals surface area contributed by atoms with E-state index >= 15 is 0 Å². The van der Waals surface area contributed by atoms with Gasteiger partial charge in [-0.25, -0.2) is 16.8 Å². The van der Waals surface area contributed by atoms with Crippen molar-refractivity contribution < 1.29 is 16.8 Å². The summed E-state index contributed by atoms with van der Waals surface area (Å²) in [6.07, 6.45) is 2.02. The number of piperidine rings is 1. The molecule has 2 bridgehead atoms. The van der Waals surface area contributed by atoms with E-state index in [9.17, 15) is 16.8 Å². The van der Waals surface area contributed by atoms with Crippen LogP contribution in [0.5, 0.6) is 0 Å². The van der Waals surface area contributed by atoms with Gasteiger partial charge in [-0.2, -0.15) is 4.31 Å². The standard InChI is InChI=1S/C20H22ClNO4S2/c1-14-7-10-18(13-20(14)21)28(25,26)22-15-8-9-16(22)12-19(11-15)27(23,24)17-5-3-2-4-6-17/h2-7,10,13,15-16,19H,8-9,11-12H2,1H3. The molecule has 0 aromatic heterocycles. The van der Waals surface area contributed by atoms with Crippen LogP contribution in [-0.4, -0.2) is 38.5 Å². The summed E-state index contributed by atoms with van der Waals surface area (Å²) >= 11 is 6.14. The lowest BCUT2D eigenvalue weighted by Crippen LogP contribution is -2.49. The predicted molar refractivity (Wildman–Crippen MR) is 109 cm³/mol. The highest BCUT2D eigenvalue weighted by Gasteiger charge is 2.50. The lowest BCUT2D eigenvalue weighted by Gasteiger charge is -2.37. The Hall–Kier alpha value is -1.41. The van der Waals surface area contributed by atoms with E-state index in [4.69, 9.17) is 11.6 Å². The van der Waals surface area contributed by atoms with Crippen LogP contribution in [-0.2, 0) is 19.9 Å². The Morgan fingerprint density at radius 2 is 1.50 bits per heavy atom. The Morgan fingerprint density at radius 3 is 2.07 bits per heavy atom. The van der Waals surface area contributed by atoms with Crippen LogP contribution in [0.3, 0.4) is 0 Å². The van der Waals surface area contributed by atoms with Crippen molar-refractivity contribution in [3.8, 4) is 0 Å². The summed E-state index contributed by atoms with van der Waals surface area (Å²) in [5.74, 6) is 0. The van der Waals surface area contributed by atoms with Crippen molar-refractivity contribution in [1.29, 1.82) is 0 Å². The molecule has 2 aromatic carbocycles. The van der Waals surface area contributed by atoms with Crippen LogP contribution in [0.25, 0.3) is 0 Å². The first-order chi connectivity index (χ1) is 13.2. The SMILES string of the molecule is Cc1ccc(S(=O)(=O)N2C3CCC2CC(S(=O)(=O)c2ccccc2)C3)cc1Cl. The Bertz CT molecular complexity index is 1090. The first-order valence-electron chi connectivity index (χ1n) is 9.30. The van der Waals surface area contributed by atoms with Crippen molar-refractivity contribution >= 4 is 31.5 Å². The molecule has 2 atom stereocenters. The van der Waals surface area contributed by atoms with Gasteiger partial charge in [0.1, 0.15) is 0 Å². The Kier molecular flexibility index (Phi) is 5.06. The number of benzene rings is 2. The maximum absolute atomic E-state index is 13.3. The normalized spacial score (nSPS) is 25.7. The van der Waals surface area contributed by atoms with Crippen molar-refractivity contribution in [1.82, 2.24) is 4.31 Å². The van der Waals surface area contributed by atoms with E-state index in [0.717, 1.165) is 5.56 Å². The molecule has 2 aliphatic heterocycles. The van der Waals surface area contributed by atoms with Gasteiger partial charge >= 0.3 is 0 Å². The highest BCUT2D eigenvalue weighted by molar-refractivity contribution is 7.92. The van der Waals surface area contributed by atoms with Gasteiger partial charge in [0.05, 0.1) is 15.0 Å². The minimum atomic E-state index is -3.72. The monoisotopic (exact) mass is 439 g/mol. The topological polar surface area (TPSA) is 71.5 Å². The van der Waals surface area contributed by atoms with Crippen LogP contribution in [0.2, 0.25) is 5.02 Å². The van der Waals surface area contributed by atoms with E-state index in [1.54, 1.807) is 42.5 Å².